The molecule has 0 aromatic rings. The molecule has 2 aliphatic rings. The zero-order valence-electron chi connectivity index (χ0n) is 10.2. The molecule has 2 saturated heterocycles. The third-order valence-corrected chi connectivity index (χ3v) is 4.32. The van der Waals surface area contributed by atoms with Gasteiger partial charge in [-0.1, -0.05) is 5.57 Å². The minimum atomic E-state index is -0.830. The third-order valence-electron chi connectivity index (χ3n) is 4.32. The maximum absolute atomic E-state index is 11.1. The first kappa shape index (κ1) is 11.6. The van der Waals surface area contributed by atoms with Gasteiger partial charge in [0.15, 0.2) is 0 Å². The van der Waals surface area contributed by atoms with Gasteiger partial charge in [-0.2, -0.15) is 0 Å². The highest BCUT2D eigenvalue weighted by Gasteiger charge is 2.50. The summed E-state index contributed by atoms with van der Waals surface area (Å²) in [5.41, 5.74) is 1.33. The SMILES string of the molecule is CC(C)=CC[N@@+]12CCC[C@@H]1[C@@H](C(=O)[O-])CC2. The van der Waals surface area contributed by atoms with Gasteiger partial charge in [-0.3, -0.25) is 0 Å². The quantitative estimate of drug-likeness (QED) is 0.522. The molecule has 3 heteroatoms. The number of nitrogens with zero attached hydrogens (tertiary/aromatic N) is 1. The Morgan fingerprint density at radius 2 is 2.12 bits per heavy atom. The molecule has 0 aromatic heterocycles. The molecular weight excluding hydrogens is 202 g/mol. The summed E-state index contributed by atoms with van der Waals surface area (Å²) in [7, 11) is 0. The summed E-state index contributed by atoms with van der Waals surface area (Å²) in [5.74, 6) is -1.03. The number of carboxylic acid groups (broad SMARTS) is 1. The van der Waals surface area contributed by atoms with Crippen molar-refractivity contribution in [3.63, 3.8) is 0 Å². The fraction of sp³-hybridized carbons (Fsp3) is 0.769. The van der Waals surface area contributed by atoms with E-state index in [4.69, 9.17) is 0 Å². The van der Waals surface area contributed by atoms with Crippen LogP contribution in [0.15, 0.2) is 11.6 Å². The van der Waals surface area contributed by atoms with Gasteiger partial charge < -0.3 is 14.4 Å². The van der Waals surface area contributed by atoms with Crippen LogP contribution in [0.25, 0.3) is 0 Å². The Morgan fingerprint density at radius 1 is 1.38 bits per heavy atom. The van der Waals surface area contributed by atoms with Crippen molar-refractivity contribution in [2.45, 2.75) is 39.2 Å². The molecule has 2 aliphatic heterocycles. The number of fused-ring (bicyclic) bond motifs is 1. The van der Waals surface area contributed by atoms with Gasteiger partial charge in [-0.05, 0) is 19.9 Å². The minimum Gasteiger partial charge on any atom is -0.550 e. The molecule has 0 bridgehead atoms. The van der Waals surface area contributed by atoms with Crippen molar-refractivity contribution in [2.24, 2.45) is 5.92 Å². The molecule has 0 unspecified atom stereocenters. The van der Waals surface area contributed by atoms with Crippen molar-refractivity contribution in [1.82, 2.24) is 0 Å². The van der Waals surface area contributed by atoms with Gasteiger partial charge in [0.1, 0.15) is 0 Å². The summed E-state index contributed by atoms with van der Waals surface area (Å²) in [5, 5.41) is 11.1. The molecule has 0 amide bonds. The first-order valence-corrected chi connectivity index (χ1v) is 6.25. The largest absolute Gasteiger partial charge is 0.550 e. The van der Waals surface area contributed by atoms with Crippen LogP contribution in [0.5, 0.6) is 0 Å². The van der Waals surface area contributed by atoms with E-state index < -0.39 is 5.97 Å². The summed E-state index contributed by atoms with van der Waals surface area (Å²) in [6.45, 7) is 7.40. The first-order chi connectivity index (χ1) is 7.55. The zero-order chi connectivity index (χ0) is 11.8. The number of rotatable bonds is 3. The number of carbonyl (C=O) groups is 1. The number of carboxylic acids is 1. The van der Waals surface area contributed by atoms with Gasteiger partial charge in [0.2, 0.25) is 0 Å². The van der Waals surface area contributed by atoms with Crippen LogP contribution in [0.3, 0.4) is 0 Å². The van der Waals surface area contributed by atoms with E-state index in [1.165, 1.54) is 12.0 Å². The average Bonchev–Trinajstić information content (AvgIpc) is 2.71. The molecule has 0 aromatic carbocycles. The van der Waals surface area contributed by atoms with E-state index in [-0.39, 0.29) is 5.92 Å². The molecule has 0 radical (unpaired) electrons. The van der Waals surface area contributed by atoms with Gasteiger partial charge in [0, 0.05) is 19.3 Å². The van der Waals surface area contributed by atoms with Crippen molar-refractivity contribution >= 4 is 5.97 Å². The molecule has 3 nitrogen and oxygen atoms in total. The lowest BCUT2D eigenvalue weighted by molar-refractivity contribution is -0.923. The second kappa shape index (κ2) is 4.21. The molecule has 0 aliphatic carbocycles. The molecule has 2 fully saturated rings. The van der Waals surface area contributed by atoms with Crippen molar-refractivity contribution in [1.29, 1.82) is 0 Å². The van der Waals surface area contributed by atoms with Crippen LogP contribution in [0, 0.1) is 5.92 Å². The lowest BCUT2D eigenvalue weighted by atomic mass is 9.98. The van der Waals surface area contributed by atoms with Gasteiger partial charge in [-0.25, -0.2) is 0 Å². The summed E-state index contributed by atoms with van der Waals surface area (Å²) in [6, 6.07) is 0.320. The Hall–Kier alpha value is -0.830. The fourth-order valence-corrected chi connectivity index (χ4v) is 3.46. The van der Waals surface area contributed by atoms with Crippen molar-refractivity contribution in [3.8, 4) is 0 Å². The van der Waals surface area contributed by atoms with Gasteiger partial charge in [0.25, 0.3) is 0 Å². The van der Waals surface area contributed by atoms with Crippen LogP contribution < -0.4 is 5.11 Å². The van der Waals surface area contributed by atoms with Gasteiger partial charge in [-0.15, -0.1) is 0 Å². The number of quaternary nitrogens is 1. The highest BCUT2D eigenvalue weighted by atomic mass is 16.4. The zero-order valence-corrected chi connectivity index (χ0v) is 10.2. The van der Waals surface area contributed by atoms with E-state index >= 15 is 0 Å². The van der Waals surface area contributed by atoms with Crippen LogP contribution in [-0.2, 0) is 4.79 Å². The number of hydrogen-bond donors (Lipinski definition) is 0. The minimum absolute atomic E-state index is 0.201. The van der Waals surface area contributed by atoms with Crippen LogP contribution in [0.1, 0.15) is 33.1 Å². The fourth-order valence-electron chi connectivity index (χ4n) is 3.46. The van der Waals surface area contributed by atoms with Crippen molar-refractivity contribution < 1.29 is 14.4 Å². The number of aliphatic carboxylic acids is 1. The lowest BCUT2D eigenvalue weighted by Crippen LogP contribution is -2.51. The Balaban J connectivity index is 2.15. The maximum Gasteiger partial charge on any atom is 0.0978 e. The predicted octanol–water partition coefficient (Wildman–Crippen LogP) is 0.702. The van der Waals surface area contributed by atoms with Crippen molar-refractivity contribution in [3.05, 3.63) is 11.6 Å². The molecule has 16 heavy (non-hydrogen) atoms. The Morgan fingerprint density at radius 3 is 2.75 bits per heavy atom. The topological polar surface area (TPSA) is 40.1 Å². The Bertz CT molecular complexity index is 320. The molecule has 0 saturated carbocycles. The highest BCUT2D eigenvalue weighted by molar-refractivity contribution is 5.68. The number of carbonyl (C=O) groups excluding carboxylic acids is 1. The Labute approximate surface area is 97.3 Å². The second-order valence-electron chi connectivity index (χ2n) is 5.55. The molecule has 2 rings (SSSR count). The summed E-state index contributed by atoms with van der Waals surface area (Å²) in [4.78, 5) is 11.1. The van der Waals surface area contributed by atoms with Crippen LogP contribution in [0.4, 0.5) is 0 Å². The van der Waals surface area contributed by atoms with Crippen LogP contribution in [0.2, 0.25) is 0 Å². The normalized spacial score (nSPS) is 37.1. The van der Waals surface area contributed by atoms with E-state index in [0.29, 0.717) is 6.04 Å². The van der Waals surface area contributed by atoms with E-state index in [1.54, 1.807) is 0 Å². The maximum atomic E-state index is 11.1. The molecule has 0 N–H and O–H groups in total. The van der Waals surface area contributed by atoms with E-state index in [9.17, 15) is 9.90 Å². The standard InChI is InChI=1S/C13H21NO2/c1-10(2)5-8-14-7-3-4-12(14)11(6-9-14)13(15)16/h5,11-12H,3-4,6-9H2,1-2H3/t11-,12+,14+/m0/s1. The van der Waals surface area contributed by atoms with Gasteiger partial charge >= 0.3 is 0 Å². The van der Waals surface area contributed by atoms with Crippen molar-refractivity contribution in [2.75, 3.05) is 19.6 Å². The molecular formula is C13H21NO2. The molecule has 3 atom stereocenters. The smallest absolute Gasteiger partial charge is 0.0978 e. The van der Waals surface area contributed by atoms with E-state index in [2.05, 4.69) is 19.9 Å². The third kappa shape index (κ3) is 1.88. The average molecular weight is 223 g/mol. The predicted molar refractivity (Wildman–Crippen MR) is 60.4 cm³/mol. The van der Waals surface area contributed by atoms with E-state index in [0.717, 1.165) is 37.0 Å². The van der Waals surface area contributed by atoms with E-state index in [1.807, 2.05) is 0 Å². The molecule has 0 spiro atoms. The summed E-state index contributed by atoms with van der Waals surface area (Å²) < 4.78 is 1.00. The molecule has 2 heterocycles. The van der Waals surface area contributed by atoms with Crippen LogP contribution in [-0.4, -0.2) is 36.1 Å². The van der Waals surface area contributed by atoms with Gasteiger partial charge in [0.05, 0.1) is 37.6 Å². The first-order valence-electron chi connectivity index (χ1n) is 6.25. The lowest BCUT2D eigenvalue weighted by Gasteiger charge is -2.35. The summed E-state index contributed by atoms with van der Waals surface area (Å²) in [6.07, 6.45) is 5.31. The monoisotopic (exact) mass is 223 g/mol. The number of hydrogen-bond acceptors (Lipinski definition) is 2. The summed E-state index contributed by atoms with van der Waals surface area (Å²) >= 11 is 0. The number of allylic oxidation sites excluding steroid dienone is 1. The van der Waals surface area contributed by atoms with Crippen LogP contribution >= 0.6 is 0 Å². The second-order valence-corrected chi connectivity index (χ2v) is 5.55. The highest BCUT2D eigenvalue weighted by Crippen LogP contribution is 2.40. The Kier molecular flexibility index (Phi) is 3.06. The molecule has 90 valence electrons.